The molecule has 1 aromatic rings. The van der Waals surface area contributed by atoms with E-state index in [-0.39, 0.29) is 81.2 Å². The monoisotopic (exact) mass is 642 g/mol. The zero-order valence-corrected chi connectivity index (χ0v) is 25.3. The maximum absolute atomic E-state index is 12.9. The van der Waals surface area contributed by atoms with Gasteiger partial charge in [0, 0.05) is 23.8 Å². The van der Waals surface area contributed by atoms with Crippen LogP contribution in [-0.2, 0) is 48.2 Å². The highest BCUT2D eigenvalue weighted by atomic mass is 32.2. The number of hydrogen-bond acceptors (Lipinski definition) is 14. The summed E-state index contributed by atoms with van der Waals surface area (Å²) < 4.78 is 17.1. The van der Waals surface area contributed by atoms with Gasteiger partial charge in [0.05, 0.1) is 38.9 Å². The van der Waals surface area contributed by atoms with Crippen molar-refractivity contribution in [1.82, 2.24) is 19.0 Å². The largest absolute Gasteiger partial charge is 0.464 e. The van der Waals surface area contributed by atoms with Gasteiger partial charge in [-0.15, -0.1) is 0 Å². The number of carbonyl (C=O) groups excluding carboxylic acids is 4. The predicted molar refractivity (Wildman–Crippen MR) is 158 cm³/mol. The lowest BCUT2D eigenvalue weighted by Gasteiger charge is -2.14. The van der Waals surface area contributed by atoms with Gasteiger partial charge in [-0.3, -0.25) is 19.2 Å². The van der Waals surface area contributed by atoms with Crippen molar-refractivity contribution < 1.29 is 33.4 Å². The van der Waals surface area contributed by atoms with Crippen LogP contribution in [0.15, 0.2) is 14.4 Å². The van der Waals surface area contributed by atoms with Crippen LogP contribution in [-0.4, -0.2) is 86.2 Å². The van der Waals surface area contributed by atoms with Crippen LogP contribution in [0, 0.1) is 0 Å². The minimum absolute atomic E-state index is 0.0317. The lowest BCUT2D eigenvalue weighted by molar-refractivity contribution is -0.144. The zero-order chi connectivity index (χ0) is 29.9. The van der Waals surface area contributed by atoms with E-state index in [9.17, 15) is 33.6 Å². The molecule has 0 aromatic carbocycles. The number of thioether (sulfide) groups is 1. The SMILES string of the molecule is O=C(CCS)OCCn1c(=O)n(CCOC(=O)CCS)c(=O)n(CCOC(=O)CCSC(=O)NCCCS)c1=O. The molecular formula is C22H34N4O10S4. The van der Waals surface area contributed by atoms with E-state index in [4.69, 9.17) is 14.2 Å². The second-order valence-corrected chi connectivity index (χ2v) is 10.2. The fraction of sp³-hybridized carbons (Fsp3) is 0.682. The van der Waals surface area contributed by atoms with Gasteiger partial charge in [-0.05, 0) is 12.2 Å². The van der Waals surface area contributed by atoms with Crippen LogP contribution >= 0.6 is 49.6 Å². The Morgan fingerprint density at radius 2 is 1.05 bits per heavy atom. The fourth-order valence-corrected chi connectivity index (χ4v) is 4.14. The Morgan fingerprint density at radius 1 is 0.650 bits per heavy atom. The third kappa shape index (κ3) is 13.4. The maximum Gasteiger partial charge on any atom is 0.336 e. The van der Waals surface area contributed by atoms with E-state index in [2.05, 4.69) is 43.2 Å². The number of nitrogens with one attached hydrogen (secondary N) is 1. The highest BCUT2D eigenvalue weighted by Crippen LogP contribution is 2.04. The van der Waals surface area contributed by atoms with Gasteiger partial charge in [-0.25, -0.2) is 28.1 Å². The van der Waals surface area contributed by atoms with Crippen LogP contribution in [0.3, 0.4) is 0 Å². The Balaban J connectivity index is 2.91. The average Bonchev–Trinajstić information content (AvgIpc) is 2.90. The number of ether oxygens (including phenoxy) is 3. The quantitative estimate of drug-likeness (QED) is 0.0669. The summed E-state index contributed by atoms with van der Waals surface area (Å²) in [4.78, 5) is 85.7. The molecule has 0 bridgehead atoms. The molecule has 0 unspecified atom stereocenters. The Bertz CT molecular complexity index is 1110. The van der Waals surface area contributed by atoms with Crippen LogP contribution in [0.2, 0.25) is 0 Å². The molecule has 0 aliphatic heterocycles. The van der Waals surface area contributed by atoms with Gasteiger partial charge < -0.3 is 19.5 Å². The minimum Gasteiger partial charge on any atom is -0.464 e. The minimum atomic E-state index is -0.993. The topological polar surface area (TPSA) is 174 Å². The molecule has 1 heterocycles. The third-order valence-corrected chi connectivity index (χ3v) is 6.47. The molecule has 0 saturated carbocycles. The van der Waals surface area contributed by atoms with Crippen molar-refractivity contribution in [2.75, 3.05) is 49.4 Å². The number of rotatable bonds is 19. The van der Waals surface area contributed by atoms with Gasteiger partial charge in [0.25, 0.3) is 5.24 Å². The van der Waals surface area contributed by atoms with Crippen molar-refractivity contribution in [3.63, 3.8) is 0 Å². The van der Waals surface area contributed by atoms with Gasteiger partial charge in [-0.1, -0.05) is 11.8 Å². The second kappa shape index (κ2) is 20.5. The summed E-state index contributed by atoms with van der Waals surface area (Å²) in [6.45, 7) is -1.58. The van der Waals surface area contributed by atoms with E-state index in [1.165, 1.54) is 0 Å². The number of esters is 3. The predicted octanol–water partition coefficient (Wildman–Crippen LogP) is -0.406. The summed E-state index contributed by atoms with van der Waals surface area (Å²) in [6.07, 6.45) is 0.695. The van der Waals surface area contributed by atoms with Crippen LogP contribution < -0.4 is 22.4 Å². The fourth-order valence-electron chi connectivity index (χ4n) is 2.96. The molecule has 40 heavy (non-hydrogen) atoms. The summed E-state index contributed by atoms with van der Waals surface area (Å²) >= 11 is 12.8. The summed E-state index contributed by atoms with van der Waals surface area (Å²) in [5, 5.41) is 2.38. The second-order valence-electron chi connectivity index (χ2n) is 7.80. The first-order valence-electron chi connectivity index (χ1n) is 12.3. The van der Waals surface area contributed by atoms with Crippen molar-refractivity contribution in [2.45, 2.75) is 45.3 Å². The number of aromatic nitrogens is 3. The standard InChI is InChI=1S/C22H34N4O10S4/c27-16(2-13-38)34-9-6-24-20(31)25(7-10-35-17(28)3-14-39)22(33)26(21(24)32)8-11-36-18(29)4-15-40-19(30)23-5-1-12-37/h37-39H,1-15H2,(H,23,30). The van der Waals surface area contributed by atoms with Crippen LogP contribution in [0.4, 0.5) is 4.79 Å². The van der Waals surface area contributed by atoms with E-state index in [1.54, 1.807) is 0 Å². The smallest absolute Gasteiger partial charge is 0.336 e. The van der Waals surface area contributed by atoms with E-state index >= 15 is 0 Å². The molecule has 1 aromatic heterocycles. The van der Waals surface area contributed by atoms with Crippen molar-refractivity contribution in [3.8, 4) is 0 Å². The normalized spacial score (nSPS) is 10.7. The highest BCUT2D eigenvalue weighted by Gasteiger charge is 2.17. The first-order chi connectivity index (χ1) is 19.2. The Labute approximate surface area is 250 Å². The van der Waals surface area contributed by atoms with E-state index in [0.29, 0.717) is 32.4 Å². The van der Waals surface area contributed by atoms with Crippen LogP contribution in [0.1, 0.15) is 25.7 Å². The van der Waals surface area contributed by atoms with Gasteiger partial charge in [0.1, 0.15) is 19.8 Å². The van der Waals surface area contributed by atoms with Gasteiger partial charge in [0.2, 0.25) is 0 Å². The molecule has 226 valence electrons. The first-order valence-corrected chi connectivity index (χ1v) is 15.2. The molecule has 1 amide bonds. The molecule has 0 spiro atoms. The molecule has 0 saturated heterocycles. The van der Waals surface area contributed by atoms with Crippen molar-refractivity contribution in [2.24, 2.45) is 0 Å². The summed E-state index contributed by atoms with van der Waals surface area (Å²) in [5.41, 5.74) is -2.97. The van der Waals surface area contributed by atoms with E-state index < -0.39 is 35.0 Å². The molecule has 0 fully saturated rings. The molecule has 0 aliphatic carbocycles. The van der Waals surface area contributed by atoms with Crippen molar-refractivity contribution in [1.29, 1.82) is 0 Å². The number of thiol groups is 3. The lowest BCUT2D eigenvalue weighted by atomic mass is 10.5. The lowest BCUT2D eigenvalue weighted by Crippen LogP contribution is -2.55. The Morgan fingerprint density at radius 3 is 1.43 bits per heavy atom. The molecule has 1 N–H and O–H groups in total. The summed E-state index contributed by atoms with van der Waals surface area (Å²) in [7, 11) is 0. The molecular weight excluding hydrogens is 609 g/mol. The summed E-state index contributed by atoms with van der Waals surface area (Å²) in [5.74, 6) is -0.490. The number of hydrogen-bond donors (Lipinski definition) is 4. The van der Waals surface area contributed by atoms with E-state index in [0.717, 1.165) is 11.8 Å². The Hall–Kier alpha value is -2.31. The average molecular weight is 643 g/mol. The van der Waals surface area contributed by atoms with Crippen molar-refractivity contribution >= 4 is 72.8 Å². The van der Waals surface area contributed by atoms with Crippen LogP contribution in [0.5, 0.6) is 0 Å². The summed E-state index contributed by atoms with van der Waals surface area (Å²) in [6, 6.07) is 0. The van der Waals surface area contributed by atoms with Crippen molar-refractivity contribution in [3.05, 3.63) is 31.5 Å². The molecule has 0 atom stereocenters. The molecule has 0 aliphatic rings. The number of amides is 1. The van der Waals surface area contributed by atoms with Gasteiger partial charge >= 0.3 is 35.0 Å². The molecule has 0 radical (unpaired) electrons. The number of carbonyl (C=O) groups is 4. The third-order valence-electron chi connectivity index (χ3n) is 4.89. The molecule has 1 rings (SSSR count). The zero-order valence-electron chi connectivity index (χ0n) is 21.8. The first kappa shape index (κ1) is 35.7. The molecule has 18 heteroatoms. The number of nitrogens with zero attached hydrogens (tertiary/aromatic N) is 3. The van der Waals surface area contributed by atoms with Crippen LogP contribution in [0.25, 0.3) is 0 Å². The Kier molecular flexibility index (Phi) is 18.3. The van der Waals surface area contributed by atoms with Gasteiger partial charge in [-0.2, -0.15) is 37.9 Å². The van der Waals surface area contributed by atoms with Gasteiger partial charge in [0.15, 0.2) is 0 Å². The van der Waals surface area contributed by atoms with E-state index in [1.807, 2.05) is 0 Å². The molecule has 14 nitrogen and oxygen atoms in total. The highest BCUT2D eigenvalue weighted by molar-refractivity contribution is 8.13. The maximum atomic E-state index is 12.9.